The van der Waals surface area contributed by atoms with Gasteiger partial charge in [-0.25, -0.2) is 9.28 Å². The van der Waals surface area contributed by atoms with Crippen LogP contribution >= 0.6 is 15.9 Å². The van der Waals surface area contributed by atoms with E-state index in [9.17, 15) is 9.41 Å². The van der Waals surface area contributed by atoms with Crippen LogP contribution in [-0.4, -0.2) is 12.1 Å². The Morgan fingerprint density at radius 2 is 1.84 bits per heavy atom. The second-order valence-corrected chi connectivity index (χ2v) is 4.69. The maximum absolute atomic E-state index is 13.5. The van der Waals surface area contributed by atoms with Crippen molar-refractivity contribution in [3.05, 3.63) is 64.4 Å². The number of benzene rings is 2. The summed E-state index contributed by atoms with van der Waals surface area (Å²) in [5.41, 5.74) is 0.901. The van der Waals surface area contributed by atoms with E-state index in [1.54, 1.807) is 6.07 Å². The minimum Gasteiger partial charge on any atom is -0.421 e. The van der Waals surface area contributed by atoms with Crippen LogP contribution in [0.2, 0.25) is 0 Å². The molecule has 0 unspecified atom stereocenters. The fourth-order valence-electron chi connectivity index (χ4n) is 1.54. The molecule has 0 aliphatic carbocycles. The lowest BCUT2D eigenvalue weighted by Gasteiger charge is -2.10. The topological polar surface area (TPSA) is 38.7 Å². The van der Waals surface area contributed by atoms with Crippen LogP contribution in [0.5, 0.6) is 0 Å². The van der Waals surface area contributed by atoms with Gasteiger partial charge in [0.05, 0.1) is 0 Å². The van der Waals surface area contributed by atoms with Gasteiger partial charge in [-0.1, -0.05) is 52.3 Å². The summed E-state index contributed by atoms with van der Waals surface area (Å²) in [5.74, 6) is -0.565. The van der Waals surface area contributed by atoms with Crippen molar-refractivity contribution in [2.45, 2.75) is 6.61 Å². The smallest absolute Gasteiger partial charge is 0.421 e. The molecule has 3 nitrogen and oxygen atoms in total. The highest BCUT2D eigenvalue weighted by Crippen LogP contribution is 2.10. The zero-order valence-corrected chi connectivity index (χ0v) is 11.5. The lowest BCUT2D eigenvalue weighted by molar-refractivity contribution is -0.231. The maximum atomic E-state index is 13.5. The Labute approximate surface area is 119 Å². The maximum Gasteiger partial charge on any atom is 0.527 e. The van der Waals surface area contributed by atoms with E-state index in [2.05, 4.69) is 15.9 Å². The van der Waals surface area contributed by atoms with Crippen LogP contribution in [-0.2, 0) is 16.3 Å². The minimum absolute atomic E-state index is 0.00978. The summed E-state index contributed by atoms with van der Waals surface area (Å²) in [6.07, 6.45) is 0. The van der Waals surface area contributed by atoms with Gasteiger partial charge in [0.15, 0.2) is 0 Å². The molecular weight excluding hydrogens is 314 g/mol. The molecule has 0 fully saturated rings. The molecule has 1 N–H and O–H groups in total. The van der Waals surface area contributed by atoms with E-state index in [1.807, 2.05) is 30.3 Å². The Kier molecular flexibility index (Phi) is 5.10. The first-order valence-electron chi connectivity index (χ1n) is 5.62. The molecule has 0 amide bonds. The second kappa shape index (κ2) is 6.82. The van der Waals surface area contributed by atoms with Gasteiger partial charge in [0.1, 0.15) is 12.4 Å². The predicted molar refractivity (Wildman–Crippen MR) is 74.0 cm³/mol. The Balaban J connectivity index is 1.93. The average Bonchev–Trinajstić information content (AvgIpc) is 2.40. The molecule has 0 aliphatic heterocycles. The highest BCUT2D eigenvalue weighted by atomic mass is 79.9. The molecule has 19 heavy (non-hydrogen) atoms. The van der Waals surface area contributed by atoms with E-state index in [-0.39, 0.29) is 12.1 Å². The zero-order valence-electron chi connectivity index (χ0n) is 9.92. The molecule has 0 saturated carbocycles. The minimum atomic E-state index is -1.49. The molecule has 0 spiro atoms. The average molecular weight is 325 g/mol. The largest absolute Gasteiger partial charge is 0.527 e. The Hall–Kier alpha value is -1.21. The van der Waals surface area contributed by atoms with Crippen LogP contribution in [0.3, 0.4) is 0 Å². The first-order valence-corrected chi connectivity index (χ1v) is 6.42. The van der Waals surface area contributed by atoms with Crippen molar-refractivity contribution < 1.29 is 19.1 Å². The molecule has 0 heterocycles. The van der Waals surface area contributed by atoms with Crippen LogP contribution in [0.15, 0.2) is 53.0 Å². The van der Waals surface area contributed by atoms with Gasteiger partial charge in [-0.05, 0) is 17.7 Å². The number of hydrogen-bond donors (Lipinski definition) is 1. The normalized spacial score (nSPS) is 10.5. The zero-order chi connectivity index (χ0) is 13.7. The monoisotopic (exact) mass is 324 g/mol. The first kappa shape index (κ1) is 14.2. The molecule has 0 atom stereocenters. The van der Waals surface area contributed by atoms with Gasteiger partial charge in [0, 0.05) is 9.94 Å². The molecule has 2 aromatic carbocycles. The summed E-state index contributed by atoms with van der Waals surface area (Å²) in [7, 11) is -1.49. The Bertz CT molecular complexity index is 518. The van der Waals surface area contributed by atoms with Gasteiger partial charge in [-0.3, -0.25) is 4.81 Å². The quantitative estimate of drug-likeness (QED) is 0.521. The highest BCUT2D eigenvalue weighted by molar-refractivity contribution is 9.10. The van der Waals surface area contributed by atoms with Crippen molar-refractivity contribution in [2.75, 3.05) is 0 Å². The Morgan fingerprint density at radius 3 is 2.53 bits per heavy atom. The van der Waals surface area contributed by atoms with E-state index < -0.39 is 12.9 Å². The Morgan fingerprint density at radius 1 is 1.11 bits per heavy atom. The molecule has 6 heteroatoms. The fourth-order valence-corrected chi connectivity index (χ4v) is 2.07. The van der Waals surface area contributed by atoms with Gasteiger partial charge in [-0.2, -0.15) is 0 Å². The van der Waals surface area contributed by atoms with Crippen molar-refractivity contribution in [3.8, 4) is 0 Å². The fraction of sp³-hybridized carbons (Fsp3) is 0.0769. The number of halogens is 2. The number of rotatable bonds is 5. The summed E-state index contributed by atoms with van der Waals surface area (Å²) in [6.45, 7) is 0.171. The molecule has 98 valence electrons. The first-order chi connectivity index (χ1) is 9.18. The summed E-state index contributed by atoms with van der Waals surface area (Å²) >= 11 is 3.15. The van der Waals surface area contributed by atoms with Crippen molar-refractivity contribution in [2.24, 2.45) is 0 Å². The number of hydrogen-bond acceptors (Lipinski definition) is 3. The summed E-state index contributed by atoms with van der Waals surface area (Å²) < 4.78 is 13.9. The van der Waals surface area contributed by atoms with E-state index >= 15 is 0 Å². The third-order valence-electron chi connectivity index (χ3n) is 2.47. The molecule has 0 aliphatic rings. The van der Waals surface area contributed by atoms with Gasteiger partial charge < -0.3 is 5.02 Å². The molecule has 0 bridgehead atoms. The van der Waals surface area contributed by atoms with E-state index in [0.29, 0.717) is 4.47 Å². The summed E-state index contributed by atoms with van der Waals surface area (Å²) in [5, 5.41) is 9.74. The van der Waals surface area contributed by atoms with E-state index in [4.69, 9.17) is 9.69 Å². The second-order valence-electron chi connectivity index (χ2n) is 3.83. The standard InChI is InChI=1S/C13H11BBrFO3/c15-11-7-4-8-12(16)13(11)14(17)19-18-9-10-5-2-1-3-6-10/h1-8,17H,9H2. The highest BCUT2D eigenvalue weighted by Gasteiger charge is 2.25. The predicted octanol–water partition coefficient (Wildman–Crippen LogP) is 2.42. The molecule has 2 aromatic rings. The third-order valence-corrected chi connectivity index (χ3v) is 3.17. The molecule has 2 rings (SSSR count). The van der Waals surface area contributed by atoms with Crippen LogP contribution in [0.1, 0.15) is 5.56 Å². The van der Waals surface area contributed by atoms with Crippen molar-refractivity contribution in [1.29, 1.82) is 0 Å². The summed E-state index contributed by atoms with van der Waals surface area (Å²) in [4.78, 5) is 9.69. The molecule has 0 aromatic heterocycles. The molecular formula is C13H11BBrFO3. The van der Waals surface area contributed by atoms with Crippen LogP contribution < -0.4 is 5.46 Å². The van der Waals surface area contributed by atoms with Gasteiger partial charge >= 0.3 is 7.12 Å². The van der Waals surface area contributed by atoms with Crippen molar-refractivity contribution >= 4 is 28.5 Å². The van der Waals surface area contributed by atoms with Crippen LogP contribution in [0.25, 0.3) is 0 Å². The molecule has 0 radical (unpaired) electrons. The lowest BCUT2D eigenvalue weighted by Crippen LogP contribution is -2.37. The summed E-state index contributed by atoms with van der Waals surface area (Å²) in [6, 6.07) is 13.7. The SMILES string of the molecule is OB(OOCc1ccccc1)c1c(F)cccc1Br. The van der Waals surface area contributed by atoms with E-state index in [0.717, 1.165) is 5.56 Å². The van der Waals surface area contributed by atoms with Crippen molar-refractivity contribution in [3.63, 3.8) is 0 Å². The van der Waals surface area contributed by atoms with Crippen LogP contribution in [0.4, 0.5) is 4.39 Å². The van der Waals surface area contributed by atoms with Gasteiger partial charge in [0.2, 0.25) is 0 Å². The van der Waals surface area contributed by atoms with E-state index in [1.165, 1.54) is 12.1 Å². The van der Waals surface area contributed by atoms with Crippen molar-refractivity contribution in [1.82, 2.24) is 0 Å². The van der Waals surface area contributed by atoms with Gasteiger partial charge in [-0.15, -0.1) is 0 Å². The third kappa shape index (κ3) is 3.88. The van der Waals surface area contributed by atoms with Gasteiger partial charge in [0.25, 0.3) is 0 Å². The van der Waals surface area contributed by atoms with Crippen LogP contribution in [0, 0.1) is 5.82 Å². The molecule has 0 saturated heterocycles. The lowest BCUT2D eigenvalue weighted by atomic mass is 9.80.